The first-order chi connectivity index (χ1) is 18.7. The summed E-state index contributed by atoms with van der Waals surface area (Å²) in [7, 11) is 0. The van der Waals surface area contributed by atoms with Gasteiger partial charge in [-0.15, -0.1) is 11.3 Å². The molecule has 2 aromatic rings. The molecular formula is C28H37ClF2N4O4S. The number of rotatable bonds is 11. The summed E-state index contributed by atoms with van der Waals surface area (Å²) in [6, 6.07) is 6.58. The van der Waals surface area contributed by atoms with Crippen LogP contribution in [0.3, 0.4) is 0 Å². The average molecular weight is 599 g/mol. The number of ether oxygens (including phenoxy) is 1. The second-order valence-corrected chi connectivity index (χ2v) is 13.1. The van der Waals surface area contributed by atoms with Gasteiger partial charge in [0.05, 0.1) is 21.5 Å². The number of benzene rings is 1. The van der Waals surface area contributed by atoms with E-state index in [1.165, 1.54) is 23.1 Å². The Kier molecular flexibility index (Phi) is 11.0. The first kappa shape index (κ1) is 31.9. The van der Waals surface area contributed by atoms with E-state index < -0.39 is 24.3 Å². The summed E-state index contributed by atoms with van der Waals surface area (Å²) in [5.74, 6) is -0.973. The molecule has 0 aliphatic carbocycles. The summed E-state index contributed by atoms with van der Waals surface area (Å²) in [5, 5.41) is 5.61. The number of nitrogens with zero attached hydrogens (tertiary/aromatic N) is 2. The SMILES string of the molecule is CC(C)CN(CC(C)(C)C)[C@H](CNC(=O)c1ccc(Cl)s1)C(=O)Nc1ccc(N2CCOCC2=O)c(C(F)F)c1. The van der Waals surface area contributed by atoms with Crippen molar-refractivity contribution in [3.8, 4) is 0 Å². The van der Waals surface area contributed by atoms with E-state index in [0.29, 0.717) is 22.3 Å². The zero-order valence-corrected chi connectivity index (χ0v) is 25.0. The number of amides is 3. The molecule has 1 aliphatic rings. The fraction of sp³-hybridized carbons (Fsp3) is 0.536. The quantitative estimate of drug-likeness (QED) is 0.359. The molecule has 3 amide bonds. The monoisotopic (exact) mass is 598 g/mol. The van der Waals surface area contributed by atoms with E-state index in [1.54, 1.807) is 12.1 Å². The van der Waals surface area contributed by atoms with E-state index in [-0.39, 0.29) is 60.5 Å². The van der Waals surface area contributed by atoms with Crippen molar-refractivity contribution in [3.05, 3.63) is 45.1 Å². The van der Waals surface area contributed by atoms with Crippen LogP contribution in [0.2, 0.25) is 4.34 Å². The molecule has 220 valence electrons. The van der Waals surface area contributed by atoms with Gasteiger partial charge in [-0.25, -0.2) is 8.78 Å². The summed E-state index contributed by atoms with van der Waals surface area (Å²) < 4.78 is 33.7. The molecule has 8 nitrogen and oxygen atoms in total. The summed E-state index contributed by atoms with van der Waals surface area (Å²) >= 11 is 7.11. The number of thiophene rings is 1. The summed E-state index contributed by atoms with van der Waals surface area (Å²) in [6.07, 6.45) is -2.87. The number of nitrogens with one attached hydrogen (secondary N) is 2. The lowest BCUT2D eigenvalue weighted by Gasteiger charge is -2.36. The maximum Gasteiger partial charge on any atom is 0.265 e. The van der Waals surface area contributed by atoms with Gasteiger partial charge in [0.15, 0.2) is 0 Å². The molecule has 1 fully saturated rings. The number of carbonyl (C=O) groups is 3. The van der Waals surface area contributed by atoms with Gasteiger partial charge in [-0.05, 0) is 41.7 Å². The lowest BCUT2D eigenvalue weighted by molar-refractivity contribution is -0.125. The highest BCUT2D eigenvalue weighted by atomic mass is 35.5. The van der Waals surface area contributed by atoms with Gasteiger partial charge < -0.3 is 20.3 Å². The molecular weight excluding hydrogens is 562 g/mol. The minimum atomic E-state index is -2.87. The van der Waals surface area contributed by atoms with Crippen molar-refractivity contribution >= 4 is 52.0 Å². The second-order valence-electron chi connectivity index (χ2n) is 11.4. The van der Waals surface area contributed by atoms with Crippen LogP contribution in [0.25, 0.3) is 0 Å². The summed E-state index contributed by atoms with van der Waals surface area (Å²) in [5.41, 5.74) is -0.255. The van der Waals surface area contributed by atoms with E-state index in [4.69, 9.17) is 16.3 Å². The van der Waals surface area contributed by atoms with Crippen LogP contribution in [-0.2, 0) is 14.3 Å². The zero-order chi connectivity index (χ0) is 29.6. The number of anilines is 2. The molecule has 0 bridgehead atoms. The van der Waals surface area contributed by atoms with Gasteiger partial charge in [-0.2, -0.15) is 0 Å². The predicted molar refractivity (Wildman–Crippen MR) is 155 cm³/mol. The predicted octanol–water partition coefficient (Wildman–Crippen LogP) is 5.44. The molecule has 3 rings (SSSR count). The fourth-order valence-electron chi connectivity index (χ4n) is 4.53. The van der Waals surface area contributed by atoms with Crippen molar-refractivity contribution in [2.24, 2.45) is 11.3 Å². The molecule has 0 spiro atoms. The van der Waals surface area contributed by atoms with Crippen molar-refractivity contribution in [2.75, 3.05) is 49.6 Å². The minimum Gasteiger partial charge on any atom is -0.370 e. The highest BCUT2D eigenvalue weighted by Crippen LogP contribution is 2.33. The molecule has 1 aliphatic heterocycles. The Morgan fingerprint density at radius 2 is 1.93 bits per heavy atom. The number of halogens is 3. The van der Waals surface area contributed by atoms with E-state index >= 15 is 0 Å². The van der Waals surface area contributed by atoms with Crippen LogP contribution in [0.1, 0.15) is 56.3 Å². The molecule has 1 aromatic carbocycles. The highest BCUT2D eigenvalue weighted by molar-refractivity contribution is 7.18. The van der Waals surface area contributed by atoms with Crippen LogP contribution < -0.4 is 15.5 Å². The maximum absolute atomic E-state index is 14.1. The van der Waals surface area contributed by atoms with Gasteiger partial charge in [0.25, 0.3) is 18.2 Å². The van der Waals surface area contributed by atoms with E-state index in [1.807, 2.05) is 18.7 Å². The Hall–Kier alpha value is -2.60. The van der Waals surface area contributed by atoms with E-state index in [0.717, 1.165) is 11.3 Å². The van der Waals surface area contributed by atoms with Crippen LogP contribution in [0.5, 0.6) is 0 Å². The van der Waals surface area contributed by atoms with Crippen LogP contribution >= 0.6 is 22.9 Å². The lowest BCUT2D eigenvalue weighted by Crippen LogP contribution is -2.53. The number of hydrogen-bond acceptors (Lipinski definition) is 6. The molecule has 12 heteroatoms. The van der Waals surface area contributed by atoms with Crippen molar-refractivity contribution in [1.82, 2.24) is 10.2 Å². The van der Waals surface area contributed by atoms with Gasteiger partial charge in [0.2, 0.25) is 5.91 Å². The lowest BCUT2D eigenvalue weighted by atomic mass is 9.94. The first-order valence-corrected chi connectivity index (χ1v) is 14.3. The number of alkyl halides is 2. The van der Waals surface area contributed by atoms with E-state index in [2.05, 4.69) is 31.4 Å². The molecule has 0 unspecified atom stereocenters. The molecule has 1 aromatic heterocycles. The number of morpholine rings is 1. The second kappa shape index (κ2) is 13.8. The Morgan fingerprint density at radius 3 is 2.50 bits per heavy atom. The Bertz CT molecular complexity index is 1200. The Morgan fingerprint density at radius 1 is 1.20 bits per heavy atom. The minimum absolute atomic E-state index is 0.00501. The maximum atomic E-state index is 14.1. The average Bonchev–Trinajstić information content (AvgIpc) is 3.29. The third-order valence-corrected chi connectivity index (χ3v) is 7.31. The molecule has 1 atom stereocenters. The smallest absolute Gasteiger partial charge is 0.265 e. The van der Waals surface area contributed by atoms with Crippen LogP contribution in [-0.4, -0.2) is 68.1 Å². The van der Waals surface area contributed by atoms with Gasteiger partial charge in [0, 0.05) is 37.4 Å². The third kappa shape index (κ3) is 8.95. The zero-order valence-electron chi connectivity index (χ0n) is 23.4. The van der Waals surface area contributed by atoms with Gasteiger partial charge in [0.1, 0.15) is 12.6 Å². The standard InChI is InChI=1S/C28H37ClF2N4O4S/c1-17(2)14-34(16-28(3,4)5)21(13-32-27(38)22-8-9-23(29)40-22)26(37)33-18-6-7-20(19(12-18)25(30)31)35-10-11-39-15-24(35)36/h6-9,12,17,21,25H,10-11,13-16H2,1-5H3,(H,32,38)(H,33,37)/t21-/m1/s1. The highest BCUT2D eigenvalue weighted by Gasteiger charge is 2.31. The summed E-state index contributed by atoms with van der Waals surface area (Å²) in [4.78, 5) is 42.5. The normalized spacial score (nSPS) is 15.2. The summed E-state index contributed by atoms with van der Waals surface area (Å²) in [6.45, 7) is 11.6. The molecule has 1 saturated heterocycles. The van der Waals surface area contributed by atoms with Crippen molar-refractivity contribution in [3.63, 3.8) is 0 Å². The topological polar surface area (TPSA) is 91.0 Å². The Labute approximate surface area is 243 Å². The number of hydrogen-bond donors (Lipinski definition) is 2. The third-order valence-electron chi connectivity index (χ3n) is 6.08. The van der Waals surface area contributed by atoms with Gasteiger partial charge in [-0.3, -0.25) is 19.3 Å². The van der Waals surface area contributed by atoms with Crippen molar-refractivity contribution in [2.45, 2.75) is 47.1 Å². The van der Waals surface area contributed by atoms with Crippen LogP contribution in [0, 0.1) is 11.3 Å². The molecule has 0 radical (unpaired) electrons. The van der Waals surface area contributed by atoms with Gasteiger partial charge >= 0.3 is 0 Å². The van der Waals surface area contributed by atoms with Crippen molar-refractivity contribution in [1.29, 1.82) is 0 Å². The molecule has 2 N–H and O–H groups in total. The fourth-order valence-corrected chi connectivity index (χ4v) is 5.49. The molecule has 40 heavy (non-hydrogen) atoms. The number of carbonyl (C=O) groups excluding carboxylic acids is 3. The van der Waals surface area contributed by atoms with E-state index in [9.17, 15) is 23.2 Å². The molecule has 2 heterocycles. The van der Waals surface area contributed by atoms with Crippen molar-refractivity contribution < 1.29 is 27.9 Å². The van der Waals surface area contributed by atoms with Crippen LogP contribution in [0.15, 0.2) is 30.3 Å². The van der Waals surface area contributed by atoms with Crippen LogP contribution in [0.4, 0.5) is 20.2 Å². The van der Waals surface area contributed by atoms with Gasteiger partial charge in [-0.1, -0.05) is 46.2 Å². The molecule has 0 saturated carbocycles. The first-order valence-electron chi connectivity index (χ1n) is 13.1. The Balaban J connectivity index is 1.88. The largest absolute Gasteiger partial charge is 0.370 e.